The molecule has 1 heterocycles. The Balaban J connectivity index is 1.77. The van der Waals surface area contributed by atoms with Gasteiger partial charge in [0.25, 0.3) is 0 Å². The number of carbonyl (C=O) groups is 1. The summed E-state index contributed by atoms with van der Waals surface area (Å²) >= 11 is 0. The lowest BCUT2D eigenvalue weighted by Gasteiger charge is -2.26. The predicted molar refractivity (Wildman–Crippen MR) is 66.8 cm³/mol. The molecule has 1 aliphatic rings. The molecule has 0 saturated heterocycles. The minimum absolute atomic E-state index is 0.150. The Hall–Kier alpha value is -1.52. The molecule has 0 atom stereocenters. The molecular weight excluding hydrogens is 216 g/mol. The number of aromatic nitrogens is 2. The van der Waals surface area contributed by atoms with Crippen LogP contribution in [0.1, 0.15) is 32.6 Å². The molecule has 0 aliphatic heterocycles. The summed E-state index contributed by atoms with van der Waals surface area (Å²) in [5.41, 5.74) is 0. The third-order valence-electron chi connectivity index (χ3n) is 3.31. The van der Waals surface area contributed by atoms with E-state index in [-0.39, 0.29) is 6.03 Å². The number of nitrogens with zero attached hydrogens (tertiary/aromatic N) is 2. The Labute approximate surface area is 102 Å². The van der Waals surface area contributed by atoms with E-state index in [9.17, 15) is 4.79 Å². The molecule has 0 radical (unpaired) electrons. The quantitative estimate of drug-likeness (QED) is 0.826. The topological polar surface area (TPSA) is 59.0 Å². The van der Waals surface area contributed by atoms with Gasteiger partial charge in [0.05, 0.1) is 0 Å². The number of hydrogen-bond donors (Lipinski definition) is 2. The average Bonchev–Trinajstić information content (AvgIpc) is 2.67. The molecule has 2 rings (SSSR count). The zero-order valence-corrected chi connectivity index (χ0v) is 10.4. The summed E-state index contributed by atoms with van der Waals surface area (Å²) in [6.07, 6.45) is 6.37. The molecule has 1 aromatic heterocycles. The van der Waals surface area contributed by atoms with E-state index < -0.39 is 0 Å². The molecule has 17 heavy (non-hydrogen) atoms. The highest BCUT2D eigenvalue weighted by atomic mass is 16.2. The van der Waals surface area contributed by atoms with Gasteiger partial charge < -0.3 is 5.32 Å². The summed E-state index contributed by atoms with van der Waals surface area (Å²) < 4.78 is 1.66. The Morgan fingerprint density at radius 1 is 1.41 bits per heavy atom. The molecule has 2 amide bonds. The number of rotatable bonds is 2. The maximum atomic E-state index is 11.7. The fourth-order valence-corrected chi connectivity index (χ4v) is 2.22. The van der Waals surface area contributed by atoms with Crippen LogP contribution in [0.25, 0.3) is 0 Å². The fourth-order valence-electron chi connectivity index (χ4n) is 2.22. The maximum Gasteiger partial charge on any atom is 0.320 e. The van der Waals surface area contributed by atoms with Gasteiger partial charge in [-0.15, -0.1) is 0 Å². The SMILES string of the molecule is CC1CCC(NC(=O)Nc2ccn(C)n2)CC1. The number of nitrogens with one attached hydrogen (secondary N) is 2. The van der Waals surface area contributed by atoms with Gasteiger partial charge in [0.1, 0.15) is 0 Å². The lowest BCUT2D eigenvalue weighted by molar-refractivity contribution is 0.239. The van der Waals surface area contributed by atoms with Crippen molar-refractivity contribution in [2.75, 3.05) is 5.32 Å². The van der Waals surface area contributed by atoms with Crippen molar-refractivity contribution < 1.29 is 4.79 Å². The van der Waals surface area contributed by atoms with E-state index in [0.29, 0.717) is 11.9 Å². The first-order valence-corrected chi connectivity index (χ1v) is 6.20. The first-order chi connectivity index (χ1) is 8.13. The van der Waals surface area contributed by atoms with E-state index in [2.05, 4.69) is 22.7 Å². The zero-order valence-electron chi connectivity index (χ0n) is 10.4. The molecule has 2 N–H and O–H groups in total. The van der Waals surface area contributed by atoms with Crippen molar-refractivity contribution in [3.8, 4) is 0 Å². The molecule has 0 bridgehead atoms. The van der Waals surface area contributed by atoms with E-state index in [1.54, 1.807) is 16.9 Å². The largest absolute Gasteiger partial charge is 0.335 e. The molecule has 5 nitrogen and oxygen atoms in total. The highest BCUT2D eigenvalue weighted by molar-refractivity contribution is 5.88. The van der Waals surface area contributed by atoms with Gasteiger partial charge in [-0.25, -0.2) is 4.79 Å². The van der Waals surface area contributed by atoms with Gasteiger partial charge in [-0.3, -0.25) is 10.00 Å². The van der Waals surface area contributed by atoms with E-state index in [4.69, 9.17) is 0 Å². The maximum absolute atomic E-state index is 11.7. The van der Waals surface area contributed by atoms with E-state index in [1.165, 1.54) is 12.8 Å². The highest BCUT2D eigenvalue weighted by Gasteiger charge is 2.19. The van der Waals surface area contributed by atoms with Crippen molar-refractivity contribution in [1.82, 2.24) is 15.1 Å². The second-order valence-corrected chi connectivity index (χ2v) is 4.93. The van der Waals surface area contributed by atoms with Crippen molar-refractivity contribution in [2.24, 2.45) is 13.0 Å². The molecule has 94 valence electrons. The first-order valence-electron chi connectivity index (χ1n) is 6.20. The molecule has 1 fully saturated rings. The van der Waals surface area contributed by atoms with Crippen LogP contribution in [0, 0.1) is 5.92 Å². The van der Waals surface area contributed by atoms with Crippen LogP contribution in [0.2, 0.25) is 0 Å². The van der Waals surface area contributed by atoms with Gasteiger partial charge in [-0.1, -0.05) is 6.92 Å². The summed E-state index contributed by atoms with van der Waals surface area (Å²) in [7, 11) is 1.83. The van der Waals surface area contributed by atoms with Gasteiger partial charge in [0, 0.05) is 25.4 Å². The van der Waals surface area contributed by atoms with Crippen molar-refractivity contribution in [3.05, 3.63) is 12.3 Å². The van der Waals surface area contributed by atoms with Crippen molar-refractivity contribution in [3.63, 3.8) is 0 Å². The average molecular weight is 236 g/mol. The molecule has 1 saturated carbocycles. The number of aryl methyl sites for hydroxylation is 1. The van der Waals surface area contributed by atoms with Crippen molar-refractivity contribution in [2.45, 2.75) is 38.6 Å². The van der Waals surface area contributed by atoms with Gasteiger partial charge in [0.2, 0.25) is 0 Å². The molecular formula is C12H20N4O. The first kappa shape index (κ1) is 12.0. The van der Waals surface area contributed by atoms with Crippen LogP contribution in [-0.4, -0.2) is 21.9 Å². The molecule has 1 aliphatic carbocycles. The number of anilines is 1. The smallest absolute Gasteiger partial charge is 0.320 e. The lowest BCUT2D eigenvalue weighted by Crippen LogP contribution is -2.40. The lowest BCUT2D eigenvalue weighted by atomic mass is 9.87. The second-order valence-electron chi connectivity index (χ2n) is 4.93. The monoisotopic (exact) mass is 236 g/mol. The van der Waals surface area contributed by atoms with Gasteiger partial charge in [0.15, 0.2) is 5.82 Å². The van der Waals surface area contributed by atoms with Crippen LogP contribution in [0.5, 0.6) is 0 Å². The third kappa shape index (κ3) is 3.47. The summed E-state index contributed by atoms with van der Waals surface area (Å²) in [6, 6.07) is 1.95. The minimum Gasteiger partial charge on any atom is -0.335 e. The normalized spacial score (nSPS) is 24.4. The summed E-state index contributed by atoms with van der Waals surface area (Å²) in [6.45, 7) is 2.27. The van der Waals surface area contributed by atoms with Crippen LogP contribution in [-0.2, 0) is 7.05 Å². The Morgan fingerprint density at radius 3 is 2.71 bits per heavy atom. The van der Waals surface area contributed by atoms with Crippen molar-refractivity contribution >= 4 is 11.8 Å². The predicted octanol–water partition coefficient (Wildman–Crippen LogP) is 2.12. The zero-order chi connectivity index (χ0) is 12.3. The minimum atomic E-state index is -0.150. The summed E-state index contributed by atoms with van der Waals surface area (Å²) in [4.78, 5) is 11.7. The molecule has 0 unspecified atom stereocenters. The van der Waals surface area contributed by atoms with Crippen LogP contribution in [0.3, 0.4) is 0 Å². The number of amides is 2. The third-order valence-corrected chi connectivity index (χ3v) is 3.31. The molecule has 1 aromatic rings. The summed E-state index contributed by atoms with van der Waals surface area (Å²) in [5, 5.41) is 9.84. The standard InChI is InChI=1S/C12H20N4O/c1-9-3-5-10(6-4-9)13-12(17)14-11-7-8-16(2)15-11/h7-10H,3-6H2,1-2H3,(H2,13,14,15,17). The van der Waals surface area contributed by atoms with Crippen LogP contribution < -0.4 is 10.6 Å². The number of hydrogen-bond acceptors (Lipinski definition) is 2. The summed E-state index contributed by atoms with van der Waals surface area (Å²) in [5.74, 6) is 1.39. The van der Waals surface area contributed by atoms with Crippen molar-refractivity contribution in [1.29, 1.82) is 0 Å². The highest BCUT2D eigenvalue weighted by Crippen LogP contribution is 2.23. The Morgan fingerprint density at radius 2 is 2.12 bits per heavy atom. The molecule has 0 spiro atoms. The van der Waals surface area contributed by atoms with E-state index >= 15 is 0 Å². The van der Waals surface area contributed by atoms with Gasteiger partial charge in [-0.05, 0) is 31.6 Å². The Bertz CT molecular complexity index is 380. The van der Waals surface area contributed by atoms with Gasteiger partial charge >= 0.3 is 6.03 Å². The van der Waals surface area contributed by atoms with E-state index in [1.807, 2.05) is 7.05 Å². The van der Waals surface area contributed by atoms with Crippen LogP contribution in [0.15, 0.2) is 12.3 Å². The number of urea groups is 1. The second kappa shape index (κ2) is 5.21. The fraction of sp³-hybridized carbons (Fsp3) is 0.667. The number of carbonyl (C=O) groups excluding carboxylic acids is 1. The van der Waals surface area contributed by atoms with Gasteiger partial charge in [-0.2, -0.15) is 5.10 Å². The Kier molecular flexibility index (Phi) is 3.66. The molecule has 0 aromatic carbocycles. The van der Waals surface area contributed by atoms with Crippen LogP contribution >= 0.6 is 0 Å². The van der Waals surface area contributed by atoms with Crippen LogP contribution in [0.4, 0.5) is 10.6 Å². The molecule has 5 heteroatoms. The van der Waals surface area contributed by atoms with E-state index in [0.717, 1.165) is 18.8 Å².